The molecule has 2 heterocycles. The topological polar surface area (TPSA) is 77.2 Å². The van der Waals surface area contributed by atoms with Crippen LogP contribution in [0.25, 0.3) is 0 Å². The molecule has 0 aromatic carbocycles. The van der Waals surface area contributed by atoms with Gasteiger partial charge in [-0.3, -0.25) is 0 Å². The number of carboxylic acids is 1. The third-order valence-corrected chi connectivity index (χ3v) is 3.48. The fraction of sp³-hybridized carbons (Fsp3) is 0.462. The summed E-state index contributed by atoms with van der Waals surface area (Å²) in [4.78, 5) is 17.5. The molecule has 1 atom stereocenters. The zero-order valence-electron chi connectivity index (χ0n) is 10.3. The van der Waals surface area contributed by atoms with Crippen LogP contribution in [0.2, 0.25) is 0 Å². The van der Waals surface area contributed by atoms with Gasteiger partial charge in [-0.2, -0.15) is 5.26 Å². The van der Waals surface area contributed by atoms with Crippen LogP contribution in [0, 0.1) is 11.3 Å². The summed E-state index contributed by atoms with van der Waals surface area (Å²) in [6.07, 6.45) is 2.44. The molecule has 0 spiro atoms. The molecule has 0 aliphatic carbocycles. The Balaban J connectivity index is 2.40. The molecule has 1 aromatic heterocycles. The lowest BCUT2D eigenvalue weighted by Crippen LogP contribution is -2.55. The molecule has 5 heteroatoms. The molecule has 1 aromatic rings. The van der Waals surface area contributed by atoms with Gasteiger partial charge in [-0.1, -0.05) is 6.07 Å². The molecular weight excluding hydrogens is 230 g/mol. The van der Waals surface area contributed by atoms with Gasteiger partial charge in [0.15, 0.2) is 0 Å². The minimum absolute atomic E-state index is 0.311. The molecular formula is C13H15N3O2. The highest BCUT2D eigenvalue weighted by Crippen LogP contribution is 2.32. The van der Waals surface area contributed by atoms with E-state index < -0.39 is 11.5 Å². The third-order valence-electron chi connectivity index (χ3n) is 3.48. The zero-order chi connectivity index (χ0) is 13.2. The molecule has 1 aliphatic rings. The standard InChI is InChI=1S/C13H15N3O2/c1-13(12(17)18)7-2-3-8-16(13)11-6-4-5-10(9-14)15-11/h4-6H,2-3,7-8H2,1H3,(H,17,18). The Morgan fingerprint density at radius 2 is 2.33 bits per heavy atom. The highest BCUT2D eigenvalue weighted by molar-refractivity contribution is 5.83. The maximum atomic E-state index is 11.5. The maximum Gasteiger partial charge on any atom is 0.329 e. The normalized spacial score (nSPS) is 23.4. The lowest BCUT2D eigenvalue weighted by atomic mass is 9.88. The quantitative estimate of drug-likeness (QED) is 0.859. The number of aliphatic carboxylic acids is 1. The summed E-state index contributed by atoms with van der Waals surface area (Å²) >= 11 is 0. The average molecular weight is 245 g/mol. The second kappa shape index (κ2) is 4.65. The Bertz CT molecular complexity index is 509. The van der Waals surface area contributed by atoms with Crippen molar-refractivity contribution in [3.63, 3.8) is 0 Å². The largest absolute Gasteiger partial charge is 0.480 e. The minimum atomic E-state index is -0.931. The lowest BCUT2D eigenvalue weighted by molar-refractivity contribution is -0.143. The summed E-state index contributed by atoms with van der Waals surface area (Å²) < 4.78 is 0. The summed E-state index contributed by atoms with van der Waals surface area (Å²) in [5.41, 5.74) is -0.620. The van der Waals surface area contributed by atoms with E-state index in [-0.39, 0.29) is 0 Å². The zero-order valence-corrected chi connectivity index (χ0v) is 10.3. The Labute approximate surface area is 106 Å². The first-order valence-electron chi connectivity index (χ1n) is 5.96. The van der Waals surface area contributed by atoms with Crippen molar-refractivity contribution >= 4 is 11.8 Å². The van der Waals surface area contributed by atoms with E-state index in [1.165, 1.54) is 0 Å². The predicted octanol–water partition coefficient (Wildman–Crippen LogP) is 1.79. The number of hydrogen-bond donors (Lipinski definition) is 1. The van der Waals surface area contributed by atoms with Gasteiger partial charge >= 0.3 is 5.97 Å². The van der Waals surface area contributed by atoms with Crippen LogP contribution in [0.15, 0.2) is 18.2 Å². The van der Waals surface area contributed by atoms with E-state index in [0.717, 1.165) is 12.8 Å². The number of pyridine rings is 1. The number of hydrogen-bond acceptors (Lipinski definition) is 4. The number of anilines is 1. The van der Waals surface area contributed by atoms with E-state index in [0.29, 0.717) is 24.5 Å². The first-order chi connectivity index (χ1) is 8.58. The van der Waals surface area contributed by atoms with Crippen molar-refractivity contribution in [2.45, 2.75) is 31.7 Å². The van der Waals surface area contributed by atoms with Crippen molar-refractivity contribution in [3.8, 4) is 6.07 Å². The molecule has 2 rings (SSSR count). The van der Waals surface area contributed by atoms with E-state index in [1.54, 1.807) is 30.0 Å². The molecule has 94 valence electrons. The minimum Gasteiger partial charge on any atom is -0.480 e. The van der Waals surface area contributed by atoms with Gasteiger partial charge < -0.3 is 10.0 Å². The number of rotatable bonds is 2. The van der Waals surface area contributed by atoms with Gasteiger partial charge in [0.25, 0.3) is 0 Å². The van der Waals surface area contributed by atoms with Gasteiger partial charge in [-0.05, 0) is 38.3 Å². The van der Waals surface area contributed by atoms with Crippen LogP contribution >= 0.6 is 0 Å². The molecule has 1 N–H and O–H groups in total. The fourth-order valence-electron chi connectivity index (χ4n) is 2.35. The second-order valence-electron chi connectivity index (χ2n) is 4.68. The highest BCUT2D eigenvalue weighted by atomic mass is 16.4. The maximum absolute atomic E-state index is 11.5. The van der Waals surface area contributed by atoms with Gasteiger partial charge in [0, 0.05) is 6.54 Å². The van der Waals surface area contributed by atoms with Gasteiger partial charge in [0.1, 0.15) is 23.1 Å². The molecule has 1 fully saturated rings. The fourth-order valence-corrected chi connectivity index (χ4v) is 2.35. The van der Waals surface area contributed by atoms with Crippen LogP contribution < -0.4 is 4.90 Å². The second-order valence-corrected chi connectivity index (χ2v) is 4.68. The summed E-state index contributed by atoms with van der Waals surface area (Å²) in [7, 11) is 0. The monoisotopic (exact) mass is 245 g/mol. The Morgan fingerprint density at radius 1 is 1.56 bits per heavy atom. The van der Waals surface area contributed by atoms with E-state index in [2.05, 4.69) is 4.98 Å². The van der Waals surface area contributed by atoms with Crippen molar-refractivity contribution < 1.29 is 9.90 Å². The van der Waals surface area contributed by atoms with E-state index in [9.17, 15) is 9.90 Å². The molecule has 0 saturated carbocycles. The van der Waals surface area contributed by atoms with Crippen LogP contribution in [-0.4, -0.2) is 28.1 Å². The molecule has 1 aliphatic heterocycles. The lowest BCUT2D eigenvalue weighted by Gasteiger charge is -2.42. The van der Waals surface area contributed by atoms with Gasteiger partial charge in [-0.25, -0.2) is 9.78 Å². The third kappa shape index (κ3) is 2.02. The first-order valence-corrected chi connectivity index (χ1v) is 5.96. The van der Waals surface area contributed by atoms with E-state index >= 15 is 0 Å². The molecule has 1 saturated heterocycles. The van der Waals surface area contributed by atoms with Gasteiger partial charge in [-0.15, -0.1) is 0 Å². The Hall–Kier alpha value is -2.09. The van der Waals surface area contributed by atoms with Crippen molar-refractivity contribution in [3.05, 3.63) is 23.9 Å². The van der Waals surface area contributed by atoms with Crippen LogP contribution in [0.5, 0.6) is 0 Å². The van der Waals surface area contributed by atoms with Crippen LogP contribution in [0.4, 0.5) is 5.82 Å². The van der Waals surface area contributed by atoms with Crippen LogP contribution in [-0.2, 0) is 4.79 Å². The summed E-state index contributed by atoms with van der Waals surface area (Å²) in [5, 5.41) is 18.3. The van der Waals surface area contributed by atoms with Crippen molar-refractivity contribution in [1.82, 2.24) is 4.98 Å². The smallest absolute Gasteiger partial charge is 0.329 e. The Kier molecular flexibility index (Phi) is 3.19. The number of aromatic nitrogens is 1. The van der Waals surface area contributed by atoms with Gasteiger partial charge in [0.2, 0.25) is 0 Å². The molecule has 1 unspecified atom stereocenters. The predicted molar refractivity (Wildman–Crippen MR) is 66.2 cm³/mol. The number of carboxylic acid groups (broad SMARTS) is 1. The molecule has 0 radical (unpaired) electrons. The van der Waals surface area contributed by atoms with Crippen molar-refractivity contribution in [2.24, 2.45) is 0 Å². The van der Waals surface area contributed by atoms with E-state index in [4.69, 9.17) is 5.26 Å². The van der Waals surface area contributed by atoms with Gasteiger partial charge in [0.05, 0.1) is 0 Å². The SMILES string of the molecule is CC1(C(=O)O)CCCCN1c1cccc(C#N)n1. The number of piperidine rings is 1. The summed E-state index contributed by atoms with van der Waals surface area (Å²) in [6, 6.07) is 7.09. The summed E-state index contributed by atoms with van der Waals surface area (Å²) in [6.45, 7) is 2.37. The molecule has 18 heavy (non-hydrogen) atoms. The van der Waals surface area contributed by atoms with Crippen molar-refractivity contribution in [2.75, 3.05) is 11.4 Å². The number of nitriles is 1. The Morgan fingerprint density at radius 3 is 3.00 bits per heavy atom. The number of nitrogens with zero attached hydrogens (tertiary/aromatic N) is 3. The molecule has 0 amide bonds. The molecule has 5 nitrogen and oxygen atoms in total. The van der Waals surface area contributed by atoms with Crippen molar-refractivity contribution in [1.29, 1.82) is 5.26 Å². The highest BCUT2D eigenvalue weighted by Gasteiger charge is 2.42. The first kappa shape index (κ1) is 12.4. The van der Waals surface area contributed by atoms with E-state index in [1.807, 2.05) is 6.07 Å². The van der Waals surface area contributed by atoms with Crippen LogP contribution in [0.1, 0.15) is 31.9 Å². The van der Waals surface area contributed by atoms with Crippen LogP contribution in [0.3, 0.4) is 0 Å². The average Bonchev–Trinajstić information content (AvgIpc) is 2.39. The number of carbonyl (C=O) groups is 1. The molecule has 0 bridgehead atoms. The summed E-state index contributed by atoms with van der Waals surface area (Å²) in [5.74, 6) is -0.273.